The normalized spacial score (nSPS) is 19.8. The number of halogens is 2. The van der Waals surface area contributed by atoms with Crippen molar-refractivity contribution in [3.8, 4) is 0 Å². The molecule has 112 valence electrons. The first-order valence-electron chi connectivity index (χ1n) is 6.43. The van der Waals surface area contributed by atoms with Crippen LogP contribution in [0, 0.1) is 5.92 Å². The molecule has 0 bridgehead atoms. The second-order valence-corrected chi connectivity index (χ2v) is 7.04. The molecule has 1 atom stereocenters. The number of carbonyl (C=O) groups is 1. The van der Waals surface area contributed by atoms with Crippen molar-refractivity contribution in [3.05, 3.63) is 16.3 Å². The third-order valence-electron chi connectivity index (χ3n) is 3.41. The van der Waals surface area contributed by atoms with Crippen LogP contribution >= 0.6 is 23.1 Å². The van der Waals surface area contributed by atoms with Gasteiger partial charge < -0.3 is 9.80 Å². The molecule has 0 saturated carbocycles. The van der Waals surface area contributed by atoms with Gasteiger partial charge in [-0.25, -0.2) is 0 Å². The standard InChI is InChI=1S/C13H18F2N2OS2/c1-16-5-3-9(7-16)8-17(2)12(18)11-10(4-6-19-11)20-13(14)15/h4,6,9,13H,3,5,7-8H2,1-2H3. The Morgan fingerprint density at radius 1 is 1.65 bits per heavy atom. The maximum Gasteiger partial charge on any atom is 0.288 e. The van der Waals surface area contributed by atoms with Crippen molar-refractivity contribution in [1.29, 1.82) is 0 Å². The largest absolute Gasteiger partial charge is 0.341 e. The van der Waals surface area contributed by atoms with Crippen LogP contribution in [0.3, 0.4) is 0 Å². The van der Waals surface area contributed by atoms with E-state index >= 15 is 0 Å². The molecule has 1 unspecified atom stereocenters. The Kier molecular flexibility index (Phi) is 5.40. The lowest BCUT2D eigenvalue weighted by Crippen LogP contribution is -2.32. The first-order valence-corrected chi connectivity index (χ1v) is 8.19. The highest BCUT2D eigenvalue weighted by atomic mass is 32.2. The fraction of sp³-hybridized carbons (Fsp3) is 0.615. The van der Waals surface area contributed by atoms with Gasteiger partial charge in [-0.05, 0) is 37.4 Å². The van der Waals surface area contributed by atoms with Crippen molar-refractivity contribution in [2.75, 3.05) is 33.7 Å². The van der Waals surface area contributed by atoms with E-state index in [4.69, 9.17) is 0 Å². The van der Waals surface area contributed by atoms with Crippen molar-refractivity contribution in [2.45, 2.75) is 17.1 Å². The molecule has 1 aromatic rings. The van der Waals surface area contributed by atoms with Crippen molar-refractivity contribution in [2.24, 2.45) is 5.92 Å². The molecular formula is C13H18F2N2OS2. The third kappa shape index (κ3) is 3.93. The number of thioether (sulfide) groups is 1. The second-order valence-electron chi connectivity index (χ2n) is 5.10. The molecule has 1 aromatic heterocycles. The summed E-state index contributed by atoms with van der Waals surface area (Å²) < 4.78 is 24.9. The lowest BCUT2D eigenvalue weighted by molar-refractivity contribution is 0.0775. The predicted octanol–water partition coefficient (Wildman–Crippen LogP) is 3.09. The van der Waals surface area contributed by atoms with Gasteiger partial charge in [0.05, 0.1) is 0 Å². The van der Waals surface area contributed by atoms with Crippen LogP contribution in [0.4, 0.5) is 8.78 Å². The molecule has 0 spiro atoms. The van der Waals surface area contributed by atoms with E-state index in [0.717, 1.165) is 19.5 Å². The average Bonchev–Trinajstić information content (AvgIpc) is 2.97. The van der Waals surface area contributed by atoms with E-state index in [9.17, 15) is 13.6 Å². The van der Waals surface area contributed by atoms with E-state index < -0.39 is 5.76 Å². The Labute approximate surface area is 125 Å². The summed E-state index contributed by atoms with van der Waals surface area (Å²) in [4.78, 5) is 17.0. The summed E-state index contributed by atoms with van der Waals surface area (Å²) in [5.74, 6) is -2.18. The molecule has 0 radical (unpaired) electrons. The van der Waals surface area contributed by atoms with E-state index in [1.165, 1.54) is 11.3 Å². The Bertz CT molecular complexity index is 467. The van der Waals surface area contributed by atoms with Crippen molar-refractivity contribution in [3.63, 3.8) is 0 Å². The van der Waals surface area contributed by atoms with E-state index in [1.807, 2.05) is 0 Å². The van der Waals surface area contributed by atoms with Crippen LogP contribution in [0.5, 0.6) is 0 Å². The van der Waals surface area contributed by atoms with Gasteiger partial charge in [-0.1, -0.05) is 11.8 Å². The average molecular weight is 320 g/mol. The first kappa shape index (κ1) is 15.7. The predicted molar refractivity (Wildman–Crippen MR) is 78.7 cm³/mol. The fourth-order valence-electron chi connectivity index (χ4n) is 2.46. The maximum absolute atomic E-state index is 12.5. The minimum Gasteiger partial charge on any atom is -0.341 e. The third-order valence-corrected chi connectivity index (χ3v) is 5.21. The number of carbonyl (C=O) groups excluding carboxylic acids is 1. The Morgan fingerprint density at radius 3 is 3.00 bits per heavy atom. The highest BCUT2D eigenvalue weighted by Gasteiger charge is 2.25. The van der Waals surface area contributed by atoms with Crippen molar-refractivity contribution in [1.82, 2.24) is 9.80 Å². The molecule has 1 fully saturated rings. The number of alkyl halides is 2. The summed E-state index contributed by atoms with van der Waals surface area (Å²) in [7, 11) is 3.82. The Morgan fingerprint density at radius 2 is 2.40 bits per heavy atom. The van der Waals surface area contributed by atoms with Crippen LogP contribution in [0.2, 0.25) is 0 Å². The molecule has 1 aliphatic heterocycles. The summed E-state index contributed by atoms with van der Waals surface area (Å²) in [5, 5.41) is 1.69. The van der Waals surface area contributed by atoms with Gasteiger partial charge in [-0.15, -0.1) is 11.3 Å². The van der Waals surface area contributed by atoms with E-state index in [1.54, 1.807) is 23.4 Å². The zero-order chi connectivity index (χ0) is 14.7. The van der Waals surface area contributed by atoms with Gasteiger partial charge in [0.2, 0.25) is 0 Å². The zero-order valence-corrected chi connectivity index (χ0v) is 13.1. The summed E-state index contributed by atoms with van der Waals surface area (Å²) in [6.07, 6.45) is 1.08. The molecule has 3 nitrogen and oxygen atoms in total. The van der Waals surface area contributed by atoms with E-state index in [-0.39, 0.29) is 5.91 Å². The van der Waals surface area contributed by atoms with Crippen LogP contribution < -0.4 is 0 Å². The Balaban J connectivity index is 1.98. The van der Waals surface area contributed by atoms with Crippen LogP contribution in [-0.4, -0.2) is 55.2 Å². The zero-order valence-electron chi connectivity index (χ0n) is 11.5. The van der Waals surface area contributed by atoms with E-state index in [2.05, 4.69) is 11.9 Å². The van der Waals surface area contributed by atoms with Crippen LogP contribution in [-0.2, 0) is 0 Å². The lowest BCUT2D eigenvalue weighted by Gasteiger charge is -2.21. The van der Waals surface area contributed by atoms with Gasteiger partial charge >= 0.3 is 0 Å². The molecule has 7 heteroatoms. The molecule has 0 aromatic carbocycles. The topological polar surface area (TPSA) is 23.6 Å². The molecule has 1 aliphatic rings. The number of nitrogens with zero attached hydrogens (tertiary/aromatic N) is 2. The van der Waals surface area contributed by atoms with Crippen LogP contribution in [0.25, 0.3) is 0 Å². The van der Waals surface area contributed by atoms with Gasteiger partial charge in [0.15, 0.2) is 0 Å². The number of rotatable bonds is 5. The fourth-order valence-corrected chi connectivity index (χ4v) is 4.15. The molecule has 2 rings (SSSR count). The SMILES string of the molecule is CN1CCC(CN(C)C(=O)c2sccc2SC(F)F)C1. The highest BCUT2D eigenvalue weighted by molar-refractivity contribution is 7.99. The molecule has 0 aliphatic carbocycles. The van der Waals surface area contributed by atoms with Crippen molar-refractivity contribution < 1.29 is 13.6 Å². The van der Waals surface area contributed by atoms with Gasteiger partial charge in [-0.2, -0.15) is 8.78 Å². The smallest absolute Gasteiger partial charge is 0.288 e. The lowest BCUT2D eigenvalue weighted by atomic mass is 10.1. The maximum atomic E-state index is 12.5. The second kappa shape index (κ2) is 6.87. The molecule has 20 heavy (non-hydrogen) atoms. The molecule has 1 amide bonds. The van der Waals surface area contributed by atoms with Gasteiger partial charge in [0, 0.05) is 25.0 Å². The number of likely N-dealkylation sites (tertiary alicyclic amines) is 1. The monoisotopic (exact) mass is 320 g/mol. The molecule has 0 N–H and O–H groups in total. The number of amides is 1. The molecule has 2 heterocycles. The summed E-state index contributed by atoms with van der Waals surface area (Å²) in [6.45, 7) is 2.72. The van der Waals surface area contributed by atoms with Crippen LogP contribution in [0.1, 0.15) is 16.1 Å². The van der Waals surface area contributed by atoms with Gasteiger partial charge in [0.25, 0.3) is 11.7 Å². The highest BCUT2D eigenvalue weighted by Crippen LogP contribution is 2.32. The number of hydrogen-bond acceptors (Lipinski definition) is 4. The van der Waals surface area contributed by atoms with Gasteiger partial charge in [-0.3, -0.25) is 4.79 Å². The summed E-state index contributed by atoms with van der Waals surface area (Å²) in [5.41, 5.74) is 0. The first-order chi connectivity index (χ1) is 9.47. The summed E-state index contributed by atoms with van der Waals surface area (Å²) in [6, 6.07) is 1.59. The molecular weight excluding hydrogens is 302 g/mol. The molecule has 1 saturated heterocycles. The van der Waals surface area contributed by atoms with Crippen LogP contribution in [0.15, 0.2) is 16.3 Å². The minimum atomic E-state index is -2.50. The van der Waals surface area contributed by atoms with E-state index in [0.29, 0.717) is 34.0 Å². The quantitative estimate of drug-likeness (QED) is 0.779. The summed E-state index contributed by atoms with van der Waals surface area (Å²) >= 11 is 1.67. The Hall–Kier alpha value is -0.660. The number of hydrogen-bond donors (Lipinski definition) is 0. The number of thiophene rings is 1. The van der Waals surface area contributed by atoms with Gasteiger partial charge in [0.1, 0.15) is 4.88 Å². The minimum absolute atomic E-state index is 0.155. The van der Waals surface area contributed by atoms with Crippen molar-refractivity contribution >= 4 is 29.0 Å².